The van der Waals surface area contributed by atoms with Crippen LogP contribution >= 0.6 is 0 Å². The number of carboxylic acid groups (broad SMARTS) is 2. The molecule has 6 heteroatoms. The minimum absolute atomic E-state index is 0.250. The van der Waals surface area contributed by atoms with Crippen molar-refractivity contribution in [3.05, 3.63) is 29.3 Å². The predicted octanol–water partition coefficient (Wildman–Crippen LogP) is 1.60. The lowest BCUT2D eigenvalue weighted by molar-refractivity contribution is -0.158. The quantitative estimate of drug-likeness (QED) is 0.780. The lowest BCUT2D eigenvalue weighted by Gasteiger charge is -2.23. The maximum Gasteiger partial charge on any atom is 0.327 e. The number of rotatable bonds is 5. The van der Waals surface area contributed by atoms with Gasteiger partial charge in [0, 0.05) is 6.20 Å². The van der Waals surface area contributed by atoms with Gasteiger partial charge >= 0.3 is 11.9 Å². The molecule has 0 aliphatic heterocycles. The van der Waals surface area contributed by atoms with Crippen molar-refractivity contribution in [2.75, 3.05) is 0 Å². The van der Waals surface area contributed by atoms with Crippen LogP contribution in [0.15, 0.2) is 12.3 Å². The van der Waals surface area contributed by atoms with E-state index in [0.717, 1.165) is 0 Å². The third-order valence-corrected chi connectivity index (χ3v) is 3.01. The normalized spacial score (nSPS) is 11.3. The number of pyridine rings is 1. The molecule has 0 saturated heterocycles. The molecule has 0 aliphatic carbocycles. The Bertz CT molecular complexity index is 473. The summed E-state index contributed by atoms with van der Waals surface area (Å²) in [5.74, 6) is -4.08. The van der Waals surface area contributed by atoms with E-state index < -0.39 is 28.9 Å². The molecule has 1 aromatic heterocycles. The zero-order valence-electron chi connectivity index (χ0n) is 10.1. The maximum atomic E-state index is 14.1. The Balaban J connectivity index is 3.58. The van der Waals surface area contributed by atoms with Crippen molar-refractivity contribution in [1.82, 2.24) is 4.98 Å². The van der Waals surface area contributed by atoms with Crippen LogP contribution in [0.1, 0.15) is 31.5 Å². The zero-order chi connectivity index (χ0) is 13.9. The summed E-state index contributed by atoms with van der Waals surface area (Å²) in [6.07, 6.45) is 1.28. The van der Waals surface area contributed by atoms with Crippen molar-refractivity contribution < 1.29 is 24.2 Å². The molecule has 0 atom stereocenters. The molecule has 0 spiro atoms. The molecule has 98 valence electrons. The standard InChI is InChI=1S/C12H14FNO4/c1-3-7-5-6-14-9(8(7)13)12(4-2,10(15)16)11(17)18/h5-6H,3-4H2,1-2H3,(H,15,16)(H,17,18). The Morgan fingerprint density at radius 3 is 2.28 bits per heavy atom. The summed E-state index contributed by atoms with van der Waals surface area (Å²) >= 11 is 0. The summed E-state index contributed by atoms with van der Waals surface area (Å²) in [6.45, 7) is 3.07. The molecule has 0 radical (unpaired) electrons. The second-order valence-corrected chi connectivity index (χ2v) is 3.86. The number of carbonyl (C=O) groups is 2. The highest BCUT2D eigenvalue weighted by atomic mass is 19.1. The number of nitrogens with zero attached hydrogens (tertiary/aromatic N) is 1. The third kappa shape index (κ3) is 1.94. The van der Waals surface area contributed by atoms with Crippen LogP contribution < -0.4 is 0 Å². The van der Waals surface area contributed by atoms with E-state index in [1.807, 2.05) is 0 Å². The first-order valence-electron chi connectivity index (χ1n) is 5.52. The highest BCUT2D eigenvalue weighted by molar-refractivity contribution is 6.04. The van der Waals surface area contributed by atoms with Crippen molar-refractivity contribution in [1.29, 1.82) is 0 Å². The molecule has 0 bridgehead atoms. The van der Waals surface area contributed by atoms with Crippen LogP contribution in [-0.4, -0.2) is 27.1 Å². The van der Waals surface area contributed by atoms with Crippen LogP contribution in [0.3, 0.4) is 0 Å². The SMILES string of the molecule is CCc1ccnc(C(CC)(C(=O)O)C(=O)O)c1F. The fourth-order valence-corrected chi connectivity index (χ4v) is 1.82. The van der Waals surface area contributed by atoms with Gasteiger partial charge in [-0.3, -0.25) is 14.6 Å². The van der Waals surface area contributed by atoms with Gasteiger partial charge in [-0.25, -0.2) is 4.39 Å². The van der Waals surface area contributed by atoms with E-state index in [1.54, 1.807) is 6.92 Å². The molecule has 0 aliphatic rings. The van der Waals surface area contributed by atoms with E-state index >= 15 is 0 Å². The highest BCUT2D eigenvalue weighted by Gasteiger charge is 2.50. The monoisotopic (exact) mass is 255 g/mol. The van der Waals surface area contributed by atoms with Crippen molar-refractivity contribution >= 4 is 11.9 Å². The van der Waals surface area contributed by atoms with Gasteiger partial charge in [0.05, 0.1) is 0 Å². The van der Waals surface area contributed by atoms with Gasteiger partial charge < -0.3 is 10.2 Å². The van der Waals surface area contributed by atoms with Crippen molar-refractivity contribution in [2.24, 2.45) is 0 Å². The van der Waals surface area contributed by atoms with Gasteiger partial charge in [-0.2, -0.15) is 0 Å². The topological polar surface area (TPSA) is 87.5 Å². The second-order valence-electron chi connectivity index (χ2n) is 3.86. The predicted molar refractivity (Wildman–Crippen MR) is 60.8 cm³/mol. The Labute approximate surface area is 103 Å². The van der Waals surface area contributed by atoms with Crippen LogP contribution in [0.2, 0.25) is 0 Å². The van der Waals surface area contributed by atoms with Crippen molar-refractivity contribution in [3.63, 3.8) is 0 Å². The van der Waals surface area contributed by atoms with E-state index in [1.165, 1.54) is 19.2 Å². The fraction of sp³-hybridized carbons (Fsp3) is 0.417. The number of aryl methyl sites for hydroxylation is 1. The molecule has 0 amide bonds. The first kappa shape index (κ1) is 14.1. The minimum Gasteiger partial charge on any atom is -0.480 e. The van der Waals surface area contributed by atoms with Gasteiger partial charge in [-0.05, 0) is 24.5 Å². The molecule has 0 fully saturated rings. The molecule has 0 saturated carbocycles. The second kappa shape index (κ2) is 5.12. The average molecular weight is 255 g/mol. The molecule has 0 aromatic carbocycles. The number of halogens is 1. The molecule has 2 N–H and O–H groups in total. The average Bonchev–Trinajstić information content (AvgIpc) is 2.31. The van der Waals surface area contributed by atoms with E-state index in [-0.39, 0.29) is 12.0 Å². The number of aliphatic carboxylic acids is 2. The summed E-state index contributed by atoms with van der Waals surface area (Å²) in [4.78, 5) is 26.2. The van der Waals surface area contributed by atoms with E-state index in [9.17, 15) is 14.0 Å². The van der Waals surface area contributed by atoms with Gasteiger partial charge in [-0.1, -0.05) is 13.8 Å². The van der Waals surface area contributed by atoms with Crippen molar-refractivity contribution in [3.8, 4) is 0 Å². The number of hydrogen-bond donors (Lipinski definition) is 2. The zero-order valence-corrected chi connectivity index (χ0v) is 10.1. The summed E-state index contributed by atoms with van der Waals surface area (Å²) < 4.78 is 14.1. The Kier molecular flexibility index (Phi) is 4.00. The van der Waals surface area contributed by atoms with Gasteiger partial charge in [0.1, 0.15) is 11.5 Å². The van der Waals surface area contributed by atoms with Crippen molar-refractivity contribution in [2.45, 2.75) is 32.1 Å². The summed E-state index contributed by atoms with van der Waals surface area (Å²) in [6, 6.07) is 1.41. The fourth-order valence-electron chi connectivity index (χ4n) is 1.82. The Morgan fingerprint density at radius 1 is 1.33 bits per heavy atom. The van der Waals surface area contributed by atoms with E-state index in [2.05, 4.69) is 4.98 Å². The van der Waals surface area contributed by atoms with Crippen LogP contribution in [0, 0.1) is 5.82 Å². The third-order valence-electron chi connectivity index (χ3n) is 3.01. The van der Waals surface area contributed by atoms with Gasteiger partial charge in [0.15, 0.2) is 0 Å². The molecule has 1 rings (SSSR count). The molecule has 0 unspecified atom stereocenters. The first-order chi connectivity index (χ1) is 8.41. The van der Waals surface area contributed by atoms with Gasteiger partial charge in [-0.15, -0.1) is 0 Å². The summed E-state index contributed by atoms with van der Waals surface area (Å²) in [7, 11) is 0. The minimum atomic E-state index is -2.34. The van der Waals surface area contributed by atoms with Gasteiger partial charge in [0.2, 0.25) is 5.41 Å². The molecule has 5 nitrogen and oxygen atoms in total. The summed E-state index contributed by atoms with van der Waals surface area (Å²) in [5.41, 5.74) is -2.63. The maximum absolute atomic E-state index is 14.1. The first-order valence-corrected chi connectivity index (χ1v) is 5.52. The van der Waals surface area contributed by atoms with Gasteiger partial charge in [0.25, 0.3) is 0 Å². The van der Waals surface area contributed by atoms with Crippen LogP contribution in [-0.2, 0) is 21.4 Å². The highest BCUT2D eigenvalue weighted by Crippen LogP contribution is 2.30. The van der Waals surface area contributed by atoms with Crippen LogP contribution in [0.25, 0.3) is 0 Å². The lowest BCUT2D eigenvalue weighted by Crippen LogP contribution is -2.45. The Hall–Kier alpha value is -1.98. The lowest BCUT2D eigenvalue weighted by atomic mass is 9.80. The number of aromatic nitrogens is 1. The Morgan fingerprint density at radius 2 is 1.89 bits per heavy atom. The number of hydrogen-bond acceptors (Lipinski definition) is 3. The largest absolute Gasteiger partial charge is 0.480 e. The number of carboxylic acids is 2. The summed E-state index contributed by atoms with van der Waals surface area (Å²) in [5, 5.41) is 18.3. The van der Waals surface area contributed by atoms with Crippen LogP contribution in [0.4, 0.5) is 4.39 Å². The van der Waals surface area contributed by atoms with Crippen LogP contribution in [0.5, 0.6) is 0 Å². The molecule has 1 heterocycles. The molecular formula is C12H14FNO4. The molecule has 1 aromatic rings. The molecular weight excluding hydrogens is 241 g/mol. The molecule has 18 heavy (non-hydrogen) atoms. The van der Waals surface area contributed by atoms with E-state index in [0.29, 0.717) is 6.42 Å². The smallest absolute Gasteiger partial charge is 0.327 e. The van der Waals surface area contributed by atoms with E-state index in [4.69, 9.17) is 10.2 Å².